The lowest BCUT2D eigenvalue weighted by Crippen LogP contribution is -2.09. The standard InChI is InChI=1S/C17H16BrNO3/c1-21-13-8-9-15(16(11-13)22-2)19-17(20)10-7-12-5-3-4-6-14(12)18/h3-11H,1-2H3,(H,19,20)/b10-7+. The molecule has 5 heteroatoms. The van der Waals surface area contributed by atoms with Crippen LogP contribution in [0.25, 0.3) is 6.08 Å². The van der Waals surface area contributed by atoms with Crippen LogP contribution in [0.1, 0.15) is 5.56 Å². The molecule has 0 spiro atoms. The molecule has 114 valence electrons. The summed E-state index contributed by atoms with van der Waals surface area (Å²) in [6.45, 7) is 0. The molecule has 0 aliphatic rings. The molecule has 0 unspecified atom stereocenters. The molecule has 0 heterocycles. The third kappa shape index (κ3) is 4.11. The van der Waals surface area contributed by atoms with Crippen LogP contribution in [0.15, 0.2) is 53.0 Å². The van der Waals surface area contributed by atoms with Crippen molar-refractivity contribution in [1.82, 2.24) is 0 Å². The van der Waals surface area contributed by atoms with Crippen molar-refractivity contribution < 1.29 is 14.3 Å². The van der Waals surface area contributed by atoms with Gasteiger partial charge in [-0.1, -0.05) is 34.1 Å². The van der Waals surface area contributed by atoms with Crippen LogP contribution in [0.5, 0.6) is 11.5 Å². The summed E-state index contributed by atoms with van der Waals surface area (Å²) in [5, 5.41) is 2.78. The molecular weight excluding hydrogens is 346 g/mol. The molecule has 0 aromatic heterocycles. The highest BCUT2D eigenvalue weighted by molar-refractivity contribution is 9.10. The van der Waals surface area contributed by atoms with E-state index in [0.717, 1.165) is 10.0 Å². The molecule has 1 amide bonds. The van der Waals surface area contributed by atoms with E-state index in [-0.39, 0.29) is 5.91 Å². The predicted molar refractivity (Wildman–Crippen MR) is 91.4 cm³/mol. The predicted octanol–water partition coefficient (Wildman–Crippen LogP) is 4.12. The third-order valence-electron chi connectivity index (χ3n) is 2.99. The van der Waals surface area contributed by atoms with E-state index in [0.29, 0.717) is 17.2 Å². The largest absolute Gasteiger partial charge is 0.497 e. The Bertz CT molecular complexity index is 698. The smallest absolute Gasteiger partial charge is 0.248 e. The van der Waals surface area contributed by atoms with Crippen LogP contribution in [-0.2, 0) is 4.79 Å². The number of hydrogen-bond acceptors (Lipinski definition) is 3. The van der Waals surface area contributed by atoms with Crippen LogP contribution in [0.4, 0.5) is 5.69 Å². The van der Waals surface area contributed by atoms with Gasteiger partial charge in [0.25, 0.3) is 0 Å². The Morgan fingerprint density at radius 1 is 1.14 bits per heavy atom. The van der Waals surface area contributed by atoms with Gasteiger partial charge in [0.15, 0.2) is 0 Å². The van der Waals surface area contributed by atoms with Crippen LogP contribution in [0, 0.1) is 0 Å². The van der Waals surface area contributed by atoms with Gasteiger partial charge in [0.2, 0.25) is 5.91 Å². The van der Waals surface area contributed by atoms with Gasteiger partial charge in [-0.25, -0.2) is 0 Å². The van der Waals surface area contributed by atoms with Gasteiger partial charge >= 0.3 is 0 Å². The molecule has 0 saturated heterocycles. The van der Waals surface area contributed by atoms with E-state index in [1.165, 1.54) is 6.08 Å². The average Bonchev–Trinajstić information content (AvgIpc) is 2.54. The lowest BCUT2D eigenvalue weighted by atomic mass is 10.2. The number of anilines is 1. The van der Waals surface area contributed by atoms with Crippen molar-refractivity contribution in [2.45, 2.75) is 0 Å². The first-order chi connectivity index (χ1) is 10.6. The van der Waals surface area contributed by atoms with Crippen molar-refractivity contribution in [3.8, 4) is 11.5 Å². The second-order valence-electron chi connectivity index (χ2n) is 4.41. The topological polar surface area (TPSA) is 47.6 Å². The van der Waals surface area contributed by atoms with E-state index in [1.807, 2.05) is 24.3 Å². The summed E-state index contributed by atoms with van der Waals surface area (Å²) >= 11 is 3.44. The molecule has 1 N–H and O–H groups in total. The third-order valence-corrected chi connectivity index (χ3v) is 3.71. The molecule has 22 heavy (non-hydrogen) atoms. The number of carbonyl (C=O) groups excluding carboxylic acids is 1. The van der Waals surface area contributed by atoms with Gasteiger partial charge < -0.3 is 14.8 Å². The number of amides is 1. The normalized spacial score (nSPS) is 10.5. The van der Waals surface area contributed by atoms with Gasteiger partial charge in [0.05, 0.1) is 19.9 Å². The first-order valence-corrected chi connectivity index (χ1v) is 7.39. The van der Waals surface area contributed by atoms with Gasteiger partial charge in [0, 0.05) is 16.6 Å². The average molecular weight is 362 g/mol. The maximum atomic E-state index is 12.0. The van der Waals surface area contributed by atoms with Gasteiger partial charge in [-0.2, -0.15) is 0 Å². The molecule has 2 aromatic carbocycles. The lowest BCUT2D eigenvalue weighted by Gasteiger charge is -2.10. The first kappa shape index (κ1) is 16.1. The van der Waals surface area contributed by atoms with Crippen LogP contribution in [0.3, 0.4) is 0 Å². The molecule has 0 aliphatic heterocycles. The quantitative estimate of drug-likeness (QED) is 0.814. The number of nitrogens with one attached hydrogen (secondary N) is 1. The molecular formula is C17H16BrNO3. The van der Waals surface area contributed by atoms with Crippen molar-refractivity contribution in [2.75, 3.05) is 19.5 Å². The summed E-state index contributed by atoms with van der Waals surface area (Å²) in [7, 11) is 3.12. The number of ether oxygens (including phenoxy) is 2. The zero-order valence-electron chi connectivity index (χ0n) is 12.3. The highest BCUT2D eigenvalue weighted by Crippen LogP contribution is 2.29. The minimum Gasteiger partial charge on any atom is -0.497 e. The zero-order valence-corrected chi connectivity index (χ0v) is 13.9. The van der Waals surface area contributed by atoms with Gasteiger partial charge in [-0.05, 0) is 29.8 Å². The molecule has 2 rings (SSSR count). The highest BCUT2D eigenvalue weighted by Gasteiger charge is 2.07. The van der Waals surface area contributed by atoms with E-state index < -0.39 is 0 Å². The number of hydrogen-bond donors (Lipinski definition) is 1. The van der Waals surface area contributed by atoms with Crippen molar-refractivity contribution in [3.05, 3.63) is 58.6 Å². The summed E-state index contributed by atoms with van der Waals surface area (Å²) in [6.07, 6.45) is 3.22. The number of carbonyl (C=O) groups is 1. The minimum absolute atomic E-state index is 0.237. The fraction of sp³-hybridized carbons (Fsp3) is 0.118. The van der Waals surface area contributed by atoms with Crippen LogP contribution in [-0.4, -0.2) is 20.1 Å². The van der Waals surface area contributed by atoms with E-state index in [2.05, 4.69) is 21.2 Å². The molecule has 0 atom stereocenters. The van der Waals surface area contributed by atoms with E-state index in [1.54, 1.807) is 38.5 Å². The Labute approximate surface area is 137 Å². The zero-order chi connectivity index (χ0) is 15.9. The Hall–Kier alpha value is -2.27. The molecule has 0 aliphatic carbocycles. The van der Waals surface area contributed by atoms with Crippen LogP contribution < -0.4 is 14.8 Å². The van der Waals surface area contributed by atoms with E-state index in [9.17, 15) is 4.79 Å². The van der Waals surface area contributed by atoms with Crippen LogP contribution >= 0.6 is 15.9 Å². The molecule has 0 fully saturated rings. The summed E-state index contributed by atoms with van der Waals surface area (Å²) in [4.78, 5) is 12.0. The van der Waals surface area contributed by atoms with Crippen molar-refractivity contribution >= 4 is 33.6 Å². The van der Waals surface area contributed by atoms with E-state index in [4.69, 9.17) is 9.47 Å². The van der Waals surface area contributed by atoms with Crippen LogP contribution in [0.2, 0.25) is 0 Å². The first-order valence-electron chi connectivity index (χ1n) is 6.59. The Morgan fingerprint density at radius 2 is 1.91 bits per heavy atom. The second-order valence-corrected chi connectivity index (χ2v) is 5.26. The SMILES string of the molecule is COc1ccc(NC(=O)/C=C/c2ccccc2Br)c(OC)c1. The maximum Gasteiger partial charge on any atom is 0.248 e. The number of rotatable bonds is 5. The molecule has 0 bridgehead atoms. The number of halogens is 1. The lowest BCUT2D eigenvalue weighted by molar-refractivity contribution is -0.111. The number of benzene rings is 2. The molecule has 2 aromatic rings. The fourth-order valence-electron chi connectivity index (χ4n) is 1.85. The van der Waals surface area contributed by atoms with Gasteiger partial charge in [-0.3, -0.25) is 4.79 Å². The summed E-state index contributed by atoms with van der Waals surface area (Å²) < 4.78 is 11.3. The minimum atomic E-state index is -0.237. The van der Waals surface area contributed by atoms with Crippen molar-refractivity contribution in [3.63, 3.8) is 0 Å². The molecule has 0 saturated carbocycles. The maximum absolute atomic E-state index is 12.0. The van der Waals surface area contributed by atoms with Gasteiger partial charge in [0.1, 0.15) is 11.5 Å². The summed E-state index contributed by atoms with van der Waals surface area (Å²) in [5.74, 6) is 0.972. The summed E-state index contributed by atoms with van der Waals surface area (Å²) in [6, 6.07) is 12.9. The second kappa shape index (κ2) is 7.66. The number of methoxy groups -OCH3 is 2. The Morgan fingerprint density at radius 3 is 2.59 bits per heavy atom. The van der Waals surface area contributed by atoms with Crippen molar-refractivity contribution in [2.24, 2.45) is 0 Å². The van der Waals surface area contributed by atoms with Gasteiger partial charge in [-0.15, -0.1) is 0 Å². The summed E-state index contributed by atoms with van der Waals surface area (Å²) in [5.41, 5.74) is 1.52. The Kier molecular flexibility index (Phi) is 5.61. The van der Waals surface area contributed by atoms with E-state index >= 15 is 0 Å². The monoisotopic (exact) mass is 361 g/mol. The Balaban J connectivity index is 2.11. The fourth-order valence-corrected chi connectivity index (χ4v) is 2.27. The highest BCUT2D eigenvalue weighted by atomic mass is 79.9. The molecule has 0 radical (unpaired) electrons. The van der Waals surface area contributed by atoms with Crippen molar-refractivity contribution in [1.29, 1.82) is 0 Å². The molecule has 4 nitrogen and oxygen atoms in total.